The molecule has 0 saturated heterocycles. The van der Waals surface area contributed by atoms with Crippen molar-refractivity contribution in [2.75, 3.05) is 29.9 Å². The van der Waals surface area contributed by atoms with Crippen molar-refractivity contribution >= 4 is 17.8 Å². The molecule has 20 heavy (non-hydrogen) atoms. The first-order valence-electron chi connectivity index (χ1n) is 6.22. The third-order valence-electron chi connectivity index (χ3n) is 2.73. The molecule has 2 heterocycles. The van der Waals surface area contributed by atoms with Crippen LogP contribution in [0.3, 0.4) is 0 Å². The second kappa shape index (κ2) is 6.55. The molecule has 0 aliphatic heterocycles. The van der Waals surface area contributed by atoms with Crippen molar-refractivity contribution in [2.45, 2.75) is 6.92 Å². The van der Waals surface area contributed by atoms with Crippen LogP contribution < -0.4 is 9.80 Å². The molecule has 0 bridgehead atoms. The van der Waals surface area contributed by atoms with E-state index < -0.39 is 0 Å². The van der Waals surface area contributed by atoms with Crippen LogP contribution in [0.4, 0.5) is 11.9 Å². The van der Waals surface area contributed by atoms with Gasteiger partial charge in [0.1, 0.15) is 0 Å². The monoisotopic (exact) mass is 272 g/mol. The highest BCUT2D eigenvalue weighted by atomic mass is 16.2. The molecule has 0 atom stereocenters. The Balaban J connectivity index is 2.02. The molecule has 1 amide bonds. The predicted molar refractivity (Wildman–Crippen MR) is 75.4 cm³/mol. The van der Waals surface area contributed by atoms with E-state index in [4.69, 9.17) is 0 Å². The lowest BCUT2D eigenvalue weighted by atomic mass is 10.4. The van der Waals surface area contributed by atoms with Gasteiger partial charge in [0.15, 0.2) is 0 Å². The minimum absolute atomic E-state index is 0.0985. The van der Waals surface area contributed by atoms with Crippen molar-refractivity contribution in [3.8, 4) is 0 Å². The fraction of sp³-hybridized carbons (Fsp3) is 0.308. The Hall–Kier alpha value is -2.57. The summed E-state index contributed by atoms with van der Waals surface area (Å²) in [7, 11) is 1.87. The minimum atomic E-state index is -0.0985. The smallest absolute Gasteiger partial charge is 0.232 e. The van der Waals surface area contributed by atoms with E-state index in [1.54, 1.807) is 36.9 Å². The van der Waals surface area contributed by atoms with Crippen molar-refractivity contribution in [3.63, 3.8) is 0 Å². The quantitative estimate of drug-likeness (QED) is 0.799. The summed E-state index contributed by atoms with van der Waals surface area (Å²) in [5.41, 5.74) is 0. The molecule has 0 fully saturated rings. The minimum Gasteiger partial charge on any atom is -0.342 e. The lowest BCUT2D eigenvalue weighted by Gasteiger charge is -2.23. The Kier molecular flexibility index (Phi) is 4.54. The van der Waals surface area contributed by atoms with E-state index in [0.717, 1.165) is 0 Å². The summed E-state index contributed by atoms with van der Waals surface area (Å²) in [5.74, 6) is 0.922. The van der Waals surface area contributed by atoms with Crippen molar-refractivity contribution in [3.05, 3.63) is 36.9 Å². The maximum absolute atomic E-state index is 11.7. The Morgan fingerprint density at radius 2 is 1.45 bits per heavy atom. The Bertz CT molecular complexity index is 547. The number of carbonyl (C=O) groups is 1. The van der Waals surface area contributed by atoms with Gasteiger partial charge in [-0.15, -0.1) is 0 Å². The molecule has 2 aromatic rings. The molecule has 7 heteroatoms. The van der Waals surface area contributed by atoms with E-state index in [1.807, 2.05) is 11.9 Å². The third kappa shape index (κ3) is 3.47. The number of hydrogen-bond acceptors (Lipinski definition) is 6. The maximum Gasteiger partial charge on any atom is 0.232 e. The summed E-state index contributed by atoms with van der Waals surface area (Å²) in [5, 5.41) is 0. The van der Waals surface area contributed by atoms with Crippen LogP contribution in [0.1, 0.15) is 6.92 Å². The van der Waals surface area contributed by atoms with Crippen LogP contribution in [-0.2, 0) is 4.79 Å². The van der Waals surface area contributed by atoms with Gasteiger partial charge in [-0.3, -0.25) is 9.69 Å². The first-order chi connectivity index (χ1) is 9.68. The average molecular weight is 272 g/mol. The fourth-order valence-corrected chi connectivity index (χ4v) is 1.67. The second-order valence-electron chi connectivity index (χ2n) is 4.19. The van der Waals surface area contributed by atoms with Crippen molar-refractivity contribution in [1.82, 2.24) is 19.9 Å². The van der Waals surface area contributed by atoms with Crippen molar-refractivity contribution in [2.24, 2.45) is 0 Å². The van der Waals surface area contributed by atoms with E-state index in [9.17, 15) is 4.79 Å². The highest BCUT2D eigenvalue weighted by molar-refractivity contribution is 5.89. The number of likely N-dealkylation sites (N-methyl/N-ethyl adjacent to an activating group) is 1. The topological polar surface area (TPSA) is 75.1 Å². The highest BCUT2D eigenvalue weighted by Gasteiger charge is 2.15. The SMILES string of the molecule is CC(=O)N(CCN(C)c1ncccn1)c1ncccn1. The lowest BCUT2D eigenvalue weighted by molar-refractivity contribution is -0.116. The molecule has 104 valence electrons. The first kappa shape index (κ1) is 13.9. The summed E-state index contributed by atoms with van der Waals surface area (Å²) in [4.78, 5) is 31.6. The maximum atomic E-state index is 11.7. The summed E-state index contributed by atoms with van der Waals surface area (Å²) >= 11 is 0. The lowest BCUT2D eigenvalue weighted by Crippen LogP contribution is -2.37. The van der Waals surface area contributed by atoms with Crippen LogP contribution >= 0.6 is 0 Å². The van der Waals surface area contributed by atoms with Gasteiger partial charge < -0.3 is 4.90 Å². The van der Waals surface area contributed by atoms with Crippen molar-refractivity contribution in [1.29, 1.82) is 0 Å². The predicted octanol–water partition coefficient (Wildman–Crippen LogP) is 0.756. The van der Waals surface area contributed by atoms with E-state index in [2.05, 4.69) is 19.9 Å². The van der Waals surface area contributed by atoms with E-state index >= 15 is 0 Å². The average Bonchev–Trinajstić information content (AvgIpc) is 2.49. The molecule has 2 rings (SSSR count). The number of anilines is 2. The highest BCUT2D eigenvalue weighted by Crippen LogP contribution is 2.07. The van der Waals surface area contributed by atoms with Gasteiger partial charge in [0.05, 0.1) is 0 Å². The van der Waals surface area contributed by atoms with E-state index in [-0.39, 0.29) is 5.91 Å². The molecule has 0 aromatic carbocycles. The second-order valence-corrected chi connectivity index (χ2v) is 4.19. The van der Waals surface area contributed by atoms with Gasteiger partial charge in [-0.05, 0) is 12.1 Å². The largest absolute Gasteiger partial charge is 0.342 e. The van der Waals surface area contributed by atoms with Gasteiger partial charge in [-0.25, -0.2) is 19.9 Å². The summed E-state index contributed by atoms with van der Waals surface area (Å²) in [6, 6.07) is 3.47. The molecule has 7 nitrogen and oxygen atoms in total. The number of carbonyl (C=O) groups excluding carboxylic acids is 1. The number of aromatic nitrogens is 4. The Morgan fingerprint density at radius 3 is 1.95 bits per heavy atom. The standard InChI is InChI=1S/C13H16N6O/c1-11(20)19(13-16-7-4-8-17-13)10-9-18(2)12-14-5-3-6-15-12/h3-8H,9-10H2,1-2H3. The van der Waals surface area contributed by atoms with Crippen LogP contribution in [0.2, 0.25) is 0 Å². The van der Waals surface area contributed by atoms with Gasteiger partial charge in [-0.2, -0.15) is 0 Å². The zero-order chi connectivity index (χ0) is 14.4. The van der Waals surface area contributed by atoms with Gasteiger partial charge in [0.2, 0.25) is 17.8 Å². The first-order valence-corrected chi connectivity index (χ1v) is 6.22. The number of amides is 1. The van der Waals surface area contributed by atoms with Gasteiger partial charge in [0.25, 0.3) is 0 Å². The van der Waals surface area contributed by atoms with Gasteiger partial charge >= 0.3 is 0 Å². The zero-order valence-electron chi connectivity index (χ0n) is 11.5. The molecule has 0 aliphatic carbocycles. The summed E-state index contributed by atoms with van der Waals surface area (Å²) in [6.07, 6.45) is 6.59. The Morgan fingerprint density at radius 1 is 0.950 bits per heavy atom. The van der Waals surface area contributed by atoms with Gasteiger partial charge in [0, 0.05) is 51.8 Å². The van der Waals surface area contributed by atoms with Gasteiger partial charge in [-0.1, -0.05) is 0 Å². The van der Waals surface area contributed by atoms with Crippen LogP contribution in [-0.4, -0.2) is 46.0 Å². The van der Waals surface area contributed by atoms with Crippen LogP contribution in [0, 0.1) is 0 Å². The fourth-order valence-electron chi connectivity index (χ4n) is 1.67. The van der Waals surface area contributed by atoms with Crippen LogP contribution in [0.25, 0.3) is 0 Å². The summed E-state index contributed by atoms with van der Waals surface area (Å²) in [6.45, 7) is 2.55. The molecule has 2 aromatic heterocycles. The van der Waals surface area contributed by atoms with Crippen LogP contribution in [0.15, 0.2) is 36.9 Å². The number of hydrogen-bond donors (Lipinski definition) is 0. The van der Waals surface area contributed by atoms with Crippen molar-refractivity contribution < 1.29 is 4.79 Å². The van der Waals surface area contributed by atoms with E-state index in [0.29, 0.717) is 25.0 Å². The molecule has 0 N–H and O–H groups in total. The Labute approximate surface area is 117 Å². The molecular formula is C13H16N6O. The van der Waals surface area contributed by atoms with Crippen LogP contribution in [0.5, 0.6) is 0 Å². The normalized spacial score (nSPS) is 10.1. The number of nitrogens with zero attached hydrogens (tertiary/aromatic N) is 6. The molecule has 0 radical (unpaired) electrons. The molecular weight excluding hydrogens is 256 g/mol. The zero-order valence-corrected chi connectivity index (χ0v) is 11.5. The summed E-state index contributed by atoms with van der Waals surface area (Å²) < 4.78 is 0. The molecule has 0 saturated carbocycles. The molecule has 0 aliphatic rings. The molecule has 0 spiro atoms. The molecule has 0 unspecified atom stereocenters. The number of rotatable bonds is 5. The van der Waals surface area contributed by atoms with E-state index in [1.165, 1.54) is 11.8 Å². The third-order valence-corrected chi connectivity index (χ3v) is 2.73.